The van der Waals surface area contributed by atoms with E-state index in [1.165, 1.54) is 24.3 Å². The Morgan fingerprint density at radius 3 is 2.50 bits per heavy atom. The van der Waals surface area contributed by atoms with Gasteiger partial charge in [-0.3, -0.25) is 15.0 Å². The second kappa shape index (κ2) is 10.1. The van der Waals surface area contributed by atoms with Gasteiger partial charge in [0.05, 0.1) is 11.0 Å². The van der Waals surface area contributed by atoms with Crippen LogP contribution in [0.1, 0.15) is 12.0 Å². The van der Waals surface area contributed by atoms with Crippen LogP contribution in [0.5, 0.6) is 5.75 Å². The van der Waals surface area contributed by atoms with Gasteiger partial charge in [0, 0.05) is 38.2 Å². The smallest absolute Gasteiger partial charge is 0.269 e. The molecule has 0 amide bonds. The molecule has 7 nitrogen and oxygen atoms in total. The van der Waals surface area contributed by atoms with Crippen molar-refractivity contribution in [2.75, 3.05) is 19.7 Å². The number of rotatable bonds is 10. The zero-order valence-corrected chi connectivity index (χ0v) is 14.3. The van der Waals surface area contributed by atoms with E-state index in [2.05, 4.69) is 6.07 Å². The molecule has 0 spiro atoms. The summed E-state index contributed by atoms with van der Waals surface area (Å²) < 4.78 is 5.49. The van der Waals surface area contributed by atoms with Crippen LogP contribution in [0, 0.1) is 21.4 Å². The van der Waals surface area contributed by atoms with Crippen LogP contribution in [-0.4, -0.2) is 40.7 Å². The molecule has 1 atom stereocenters. The molecule has 0 bridgehead atoms. The maximum Gasteiger partial charge on any atom is 0.269 e. The highest BCUT2D eigenvalue weighted by Gasteiger charge is 2.13. The van der Waals surface area contributed by atoms with Crippen LogP contribution in [-0.2, 0) is 6.54 Å². The van der Waals surface area contributed by atoms with Gasteiger partial charge in [-0.15, -0.1) is 0 Å². The Balaban J connectivity index is 1.86. The topological polar surface area (TPSA) is 99.6 Å². The van der Waals surface area contributed by atoms with Crippen molar-refractivity contribution in [1.82, 2.24) is 4.90 Å². The van der Waals surface area contributed by atoms with Crippen LogP contribution >= 0.6 is 0 Å². The Morgan fingerprint density at radius 2 is 1.88 bits per heavy atom. The molecular formula is C19H21N3O4. The van der Waals surface area contributed by atoms with Gasteiger partial charge in [-0.05, 0) is 17.7 Å². The molecule has 0 radical (unpaired) electrons. The zero-order chi connectivity index (χ0) is 18.8. The average Bonchev–Trinajstić information content (AvgIpc) is 2.65. The third-order valence-corrected chi connectivity index (χ3v) is 3.75. The van der Waals surface area contributed by atoms with Gasteiger partial charge in [-0.2, -0.15) is 5.26 Å². The van der Waals surface area contributed by atoms with Gasteiger partial charge in [0.15, 0.2) is 0 Å². The summed E-state index contributed by atoms with van der Waals surface area (Å²) >= 11 is 0. The van der Waals surface area contributed by atoms with Gasteiger partial charge >= 0.3 is 0 Å². The third kappa shape index (κ3) is 6.51. The van der Waals surface area contributed by atoms with Crippen molar-refractivity contribution in [2.24, 2.45) is 0 Å². The lowest BCUT2D eigenvalue weighted by Crippen LogP contribution is -2.35. The molecular weight excluding hydrogens is 334 g/mol. The third-order valence-electron chi connectivity index (χ3n) is 3.75. The fourth-order valence-electron chi connectivity index (χ4n) is 2.49. The van der Waals surface area contributed by atoms with E-state index >= 15 is 0 Å². The Morgan fingerprint density at radius 1 is 1.19 bits per heavy atom. The molecule has 1 N–H and O–H groups in total. The maximum atomic E-state index is 10.6. The molecule has 0 fully saturated rings. The largest absolute Gasteiger partial charge is 0.491 e. The SMILES string of the molecule is N#CCCN(Cc1ccccc1)CC(O)COc1ccc([N+](=O)[O-])cc1. The number of hydrogen-bond acceptors (Lipinski definition) is 6. The van der Waals surface area contributed by atoms with Crippen molar-refractivity contribution < 1.29 is 14.8 Å². The summed E-state index contributed by atoms with van der Waals surface area (Å²) in [4.78, 5) is 12.2. The number of nitro groups is 1. The summed E-state index contributed by atoms with van der Waals surface area (Å²) in [7, 11) is 0. The first-order valence-corrected chi connectivity index (χ1v) is 8.27. The molecule has 2 rings (SSSR count). The lowest BCUT2D eigenvalue weighted by Gasteiger charge is -2.24. The number of aliphatic hydroxyl groups is 1. The molecule has 2 aromatic rings. The van der Waals surface area contributed by atoms with Crippen molar-refractivity contribution in [2.45, 2.75) is 19.1 Å². The summed E-state index contributed by atoms with van der Waals surface area (Å²) in [6, 6.07) is 17.7. The van der Waals surface area contributed by atoms with Gasteiger partial charge in [-0.1, -0.05) is 30.3 Å². The van der Waals surface area contributed by atoms with Crippen LogP contribution in [0.2, 0.25) is 0 Å². The molecule has 0 aliphatic rings. The fourth-order valence-corrected chi connectivity index (χ4v) is 2.49. The Hall–Kier alpha value is -2.95. The van der Waals surface area contributed by atoms with E-state index in [9.17, 15) is 15.2 Å². The predicted molar refractivity (Wildman–Crippen MR) is 96.5 cm³/mol. The normalized spacial score (nSPS) is 11.7. The van der Waals surface area contributed by atoms with E-state index in [-0.39, 0.29) is 12.3 Å². The van der Waals surface area contributed by atoms with Gasteiger partial charge in [0.1, 0.15) is 18.5 Å². The molecule has 0 aromatic heterocycles. The highest BCUT2D eigenvalue weighted by molar-refractivity contribution is 5.35. The highest BCUT2D eigenvalue weighted by atomic mass is 16.6. The second-order valence-electron chi connectivity index (χ2n) is 5.84. The first kappa shape index (κ1) is 19.4. The van der Waals surface area contributed by atoms with Gasteiger partial charge in [-0.25, -0.2) is 0 Å². The van der Waals surface area contributed by atoms with E-state index in [1.807, 2.05) is 35.2 Å². The van der Waals surface area contributed by atoms with Crippen LogP contribution in [0.3, 0.4) is 0 Å². The molecule has 26 heavy (non-hydrogen) atoms. The van der Waals surface area contributed by atoms with E-state index in [1.54, 1.807) is 0 Å². The van der Waals surface area contributed by atoms with Crippen molar-refractivity contribution in [3.05, 3.63) is 70.3 Å². The number of ether oxygens (including phenoxy) is 1. The van der Waals surface area contributed by atoms with Gasteiger partial charge in [0.2, 0.25) is 0 Å². The molecule has 1 unspecified atom stereocenters. The summed E-state index contributed by atoms with van der Waals surface area (Å²) in [6.45, 7) is 1.62. The monoisotopic (exact) mass is 355 g/mol. The van der Waals surface area contributed by atoms with Crippen molar-refractivity contribution in [3.63, 3.8) is 0 Å². The summed E-state index contributed by atoms with van der Waals surface area (Å²) in [5.41, 5.74) is 1.09. The lowest BCUT2D eigenvalue weighted by molar-refractivity contribution is -0.384. The average molecular weight is 355 g/mol. The Bertz CT molecular complexity index is 729. The van der Waals surface area contributed by atoms with Gasteiger partial charge < -0.3 is 9.84 Å². The van der Waals surface area contributed by atoms with Crippen molar-refractivity contribution in [1.29, 1.82) is 5.26 Å². The predicted octanol–water partition coefficient (Wildman–Crippen LogP) is 2.75. The zero-order valence-electron chi connectivity index (χ0n) is 14.3. The minimum atomic E-state index is -0.743. The maximum absolute atomic E-state index is 10.6. The minimum absolute atomic E-state index is 0.0107. The van der Waals surface area contributed by atoms with E-state index in [4.69, 9.17) is 10.00 Å². The molecule has 0 saturated heterocycles. The van der Waals surface area contributed by atoms with Crippen LogP contribution in [0.25, 0.3) is 0 Å². The van der Waals surface area contributed by atoms with Crippen LogP contribution in [0.4, 0.5) is 5.69 Å². The summed E-state index contributed by atoms with van der Waals surface area (Å²) in [5.74, 6) is 0.460. The summed E-state index contributed by atoms with van der Waals surface area (Å²) in [5, 5.41) is 29.7. The fraction of sp³-hybridized carbons (Fsp3) is 0.316. The summed E-state index contributed by atoms with van der Waals surface area (Å²) in [6.07, 6.45) is -0.365. The number of non-ortho nitro benzene ring substituents is 1. The minimum Gasteiger partial charge on any atom is -0.491 e. The molecule has 0 aliphatic carbocycles. The standard InChI is InChI=1S/C19H21N3O4/c20-11-4-12-21(13-16-5-2-1-3-6-16)14-18(23)15-26-19-9-7-17(8-10-19)22(24)25/h1-3,5-10,18,23H,4,12-15H2. The molecule has 136 valence electrons. The van der Waals surface area contributed by atoms with Gasteiger partial charge in [0.25, 0.3) is 5.69 Å². The molecule has 2 aromatic carbocycles. The van der Waals surface area contributed by atoms with Crippen molar-refractivity contribution in [3.8, 4) is 11.8 Å². The first-order valence-electron chi connectivity index (χ1n) is 8.27. The van der Waals surface area contributed by atoms with Crippen molar-refractivity contribution >= 4 is 5.69 Å². The van der Waals surface area contributed by atoms with E-state index < -0.39 is 11.0 Å². The number of nitro benzene ring substituents is 1. The number of benzene rings is 2. The lowest BCUT2D eigenvalue weighted by atomic mass is 10.2. The number of hydrogen-bond donors (Lipinski definition) is 1. The van der Waals surface area contributed by atoms with E-state index in [0.29, 0.717) is 31.8 Å². The second-order valence-corrected chi connectivity index (χ2v) is 5.84. The Labute approximate surface area is 152 Å². The number of aliphatic hydroxyl groups excluding tert-OH is 1. The number of nitrogens with zero attached hydrogens (tertiary/aromatic N) is 3. The van der Waals surface area contributed by atoms with Crippen LogP contribution < -0.4 is 4.74 Å². The van der Waals surface area contributed by atoms with E-state index in [0.717, 1.165) is 5.56 Å². The first-order chi connectivity index (χ1) is 12.6. The highest BCUT2D eigenvalue weighted by Crippen LogP contribution is 2.17. The number of nitriles is 1. The molecule has 0 saturated carbocycles. The molecule has 0 heterocycles. The van der Waals surface area contributed by atoms with Crippen LogP contribution in [0.15, 0.2) is 54.6 Å². The molecule has 0 aliphatic heterocycles. The molecule has 7 heteroatoms. The Kier molecular flexibility index (Phi) is 7.55. The quantitative estimate of drug-likeness (QED) is 0.520.